The normalized spacial score (nSPS) is 14.9. The fourth-order valence-electron chi connectivity index (χ4n) is 3.54. The minimum Gasteiger partial charge on any atom is -0.335 e. The maximum Gasteiger partial charge on any atom is 0.271 e. The molecule has 0 saturated carbocycles. The molecule has 150 valence electrons. The Morgan fingerprint density at radius 3 is 2.52 bits per heavy atom. The number of aryl methyl sites for hydroxylation is 1. The van der Waals surface area contributed by atoms with Gasteiger partial charge in [0.25, 0.3) is 5.91 Å². The van der Waals surface area contributed by atoms with Crippen LogP contribution in [0.5, 0.6) is 0 Å². The molecule has 2 heterocycles. The molecule has 1 aliphatic rings. The zero-order valence-electron chi connectivity index (χ0n) is 16.2. The molecule has 5 nitrogen and oxygen atoms in total. The maximum absolute atomic E-state index is 12.9. The number of piperazine rings is 1. The van der Waals surface area contributed by atoms with Crippen molar-refractivity contribution in [1.29, 1.82) is 0 Å². The van der Waals surface area contributed by atoms with Crippen molar-refractivity contribution in [3.63, 3.8) is 0 Å². The van der Waals surface area contributed by atoms with Crippen LogP contribution in [-0.2, 0) is 6.54 Å². The highest BCUT2D eigenvalue weighted by Gasteiger charge is 2.24. The number of carbonyl (C=O) groups excluding carboxylic acids is 1. The first-order valence-electron chi connectivity index (χ1n) is 9.58. The average molecular weight is 429 g/mol. The zero-order chi connectivity index (χ0) is 20.4. The highest BCUT2D eigenvalue weighted by atomic mass is 35.5. The van der Waals surface area contributed by atoms with Crippen molar-refractivity contribution in [2.45, 2.75) is 13.5 Å². The third-order valence-corrected chi connectivity index (χ3v) is 6.08. The number of hydrogen-bond acceptors (Lipinski definition) is 3. The Balaban J connectivity index is 1.38. The highest BCUT2D eigenvalue weighted by molar-refractivity contribution is 6.42. The van der Waals surface area contributed by atoms with E-state index in [-0.39, 0.29) is 5.91 Å². The van der Waals surface area contributed by atoms with E-state index in [4.69, 9.17) is 23.2 Å². The second-order valence-corrected chi connectivity index (χ2v) is 8.10. The third-order valence-electron chi connectivity index (χ3n) is 5.34. The molecule has 1 amide bonds. The predicted molar refractivity (Wildman–Crippen MR) is 116 cm³/mol. The Labute approximate surface area is 180 Å². The Morgan fingerprint density at radius 2 is 1.79 bits per heavy atom. The lowest BCUT2D eigenvalue weighted by molar-refractivity contribution is 0.0622. The van der Waals surface area contributed by atoms with Crippen LogP contribution in [0.4, 0.5) is 0 Å². The minimum absolute atomic E-state index is 0.0284. The van der Waals surface area contributed by atoms with Crippen molar-refractivity contribution in [3.05, 3.63) is 75.4 Å². The van der Waals surface area contributed by atoms with Crippen molar-refractivity contribution in [2.24, 2.45) is 0 Å². The first-order valence-corrected chi connectivity index (χ1v) is 10.3. The van der Waals surface area contributed by atoms with E-state index in [0.717, 1.165) is 25.2 Å². The maximum atomic E-state index is 12.9. The molecule has 1 saturated heterocycles. The van der Waals surface area contributed by atoms with Gasteiger partial charge in [-0.05, 0) is 36.2 Å². The molecule has 0 aliphatic carbocycles. The molecule has 1 N–H and O–H groups in total. The van der Waals surface area contributed by atoms with Crippen molar-refractivity contribution < 1.29 is 4.79 Å². The summed E-state index contributed by atoms with van der Waals surface area (Å²) in [5, 5.41) is 8.09. The molecule has 29 heavy (non-hydrogen) atoms. The molecule has 1 aliphatic heterocycles. The van der Waals surface area contributed by atoms with Crippen LogP contribution in [-0.4, -0.2) is 52.1 Å². The van der Waals surface area contributed by atoms with Gasteiger partial charge in [-0.15, -0.1) is 0 Å². The van der Waals surface area contributed by atoms with Gasteiger partial charge in [0.2, 0.25) is 0 Å². The monoisotopic (exact) mass is 428 g/mol. The number of rotatable bonds is 4. The van der Waals surface area contributed by atoms with Crippen molar-refractivity contribution in [1.82, 2.24) is 20.0 Å². The fraction of sp³-hybridized carbons (Fsp3) is 0.273. The second-order valence-electron chi connectivity index (χ2n) is 7.29. The first-order chi connectivity index (χ1) is 14.0. The summed E-state index contributed by atoms with van der Waals surface area (Å²) >= 11 is 12.1. The van der Waals surface area contributed by atoms with Gasteiger partial charge >= 0.3 is 0 Å². The molecule has 0 radical (unpaired) electrons. The van der Waals surface area contributed by atoms with Gasteiger partial charge in [0.1, 0.15) is 5.69 Å². The van der Waals surface area contributed by atoms with E-state index in [1.807, 2.05) is 11.0 Å². The summed E-state index contributed by atoms with van der Waals surface area (Å²) < 4.78 is 0. The SMILES string of the molecule is Cc1ccccc1CN1CCN(C(=O)c2cc(-c3ccc(Cl)c(Cl)c3)n[nH]2)CC1. The van der Waals surface area contributed by atoms with Crippen molar-refractivity contribution >= 4 is 29.1 Å². The van der Waals surface area contributed by atoms with Gasteiger partial charge in [-0.1, -0.05) is 53.5 Å². The number of nitrogens with one attached hydrogen (secondary N) is 1. The molecule has 1 aromatic heterocycles. The van der Waals surface area contributed by atoms with Crippen LogP contribution in [0.2, 0.25) is 10.0 Å². The quantitative estimate of drug-likeness (QED) is 0.657. The first kappa shape index (κ1) is 20.0. The number of aromatic amines is 1. The zero-order valence-corrected chi connectivity index (χ0v) is 17.7. The second kappa shape index (κ2) is 8.57. The van der Waals surface area contributed by atoms with E-state index < -0.39 is 0 Å². The molecule has 1 fully saturated rings. The van der Waals surface area contributed by atoms with Crippen molar-refractivity contribution in [3.8, 4) is 11.3 Å². The summed E-state index contributed by atoms with van der Waals surface area (Å²) in [5.74, 6) is -0.0284. The predicted octanol–water partition coefficient (Wildman–Crippen LogP) is 4.65. The lowest BCUT2D eigenvalue weighted by Gasteiger charge is -2.34. The lowest BCUT2D eigenvalue weighted by atomic mass is 10.1. The fourth-order valence-corrected chi connectivity index (χ4v) is 3.84. The van der Waals surface area contributed by atoms with E-state index in [1.54, 1.807) is 18.2 Å². The molecule has 0 spiro atoms. The molecule has 4 rings (SSSR count). The largest absolute Gasteiger partial charge is 0.335 e. The smallest absolute Gasteiger partial charge is 0.271 e. The van der Waals surface area contributed by atoms with E-state index in [1.165, 1.54) is 11.1 Å². The number of benzene rings is 2. The number of nitrogens with zero attached hydrogens (tertiary/aromatic N) is 3. The van der Waals surface area contributed by atoms with Crippen LogP contribution in [0.3, 0.4) is 0 Å². The Bertz CT molecular complexity index is 1030. The molecule has 7 heteroatoms. The highest BCUT2D eigenvalue weighted by Crippen LogP contribution is 2.28. The summed E-state index contributed by atoms with van der Waals surface area (Å²) in [5.41, 5.74) is 4.62. The van der Waals surface area contributed by atoms with Gasteiger partial charge < -0.3 is 4.90 Å². The van der Waals surface area contributed by atoms with Crippen LogP contribution < -0.4 is 0 Å². The van der Waals surface area contributed by atoms with Gasteiger partial charge in [0, 0.05) is 38.3 Å². The molecule has 0 bridgehead atoms. The standard InChI is InChI=1S/C22H22Cl2N4O/c1-15-4-2-3-5-17(15)14-27-8-10-28(11-9-27)22(29)21-13-20(25-26-21)16-6-7-18(23)19(24)12-16/h2-7,12-13H,8-11,14H2,1H3,(H,25,26). The summed E-state index contributed by atoms with van der Waals surface area (Å²) in [6, 6.07) is 15.5. The average Bonchev–Trinajstić information content (AvgIpc) is 3.22. The summed E-state index contributed by atoms with van der Waals surface area (Å²) in [7, 11) is 0. The third kappa shape index (κ3) is 4.47. The van der Waals surface area contributed by atoms with Crippen LogP contribution >= 0.6 is 23.2 Å². The van der Waals surface area contributed by atoms with Crippen LogP contribution in [0, 0.1) is 6.92 Å². The summed E-state index contributed by atoms with van der Waals surface area (Å²) in [4.78, 5) is 17.1. The molecular formula is C22H22Cl2N4O. The van der Waals surface area contributed by atoms with Gasteiger partial charge in [0.05, 0.1) is 15.7 Å². The summed E-state index contributed by atoms with van der Waals surface area (Å²) in [6.07, 6.45) is 0. The van der Waals surface area contributed by atoms with E-state index in [9.17, 15) is 4.79 Å². The van der Waals surface area contributed by atoms with Gasteiger partial charge in [0.15, 0.2) is 0 Å². The summed E-state index contributed by atoms with van der Waals surface area (Å²) in [6.45, 7) is 6.17. The number of halogens is 2. The molecule has 3 aromatic rings. The number of aromatic nitrogens is 2. The Morgan fingerprint density at radius 1 is 1.03 bits per heavy atom. The van der Waals surface area contributed by atoms with Gasteiger partial charge in [-0.2, -0.15) is 5.10 Å². The molecule has 0 unspecified atom stereocenters. The molecular weight excluding hydrogens is 407 g/mol. The van der Waals surface area contributed by atoms with E-state index in [2.05, 4.69) is 46.3 Å². The Hall–Kier alpha value is -2.34. The van der Waals surface area contributed by atoms with Crippen molar-refractivity contribution in [2.75, 3.05) is 26.2 Å². The topological polar surface area (TPSA) is 52.2 Å². The van der Waals surface area contributed by atoms with E-state index >= 15 is 0 Å². The Kier molecular flexibility index (Phi) is 5.90. The number of amides is 1. The molecule has 0 atom stereocenters. The van der Waals surface area contributed by atoms with Crippen LogP contribution in [0.25, 0.3) is 11.3 Å². The van der Waals surface area contributed by atoms with E-state index in [0.29, 0.717) is 34.5 Å². The number of H-pyrrole nitrogens is 1. The lowest BCUT2D eigenvalue weighted by Crippen LogP contribution is -2.48. The molecule has 2 aromatic carbocycles. The van der Waals surface area contributed by atoms with Crippen LogP contribution in [0.15, 0.2) is 48.5 Å². The number of hydrogen-bond donors (Lipinski definition) is 1. The van der Waals surface area contributed by atoms with Gasteiger partial charge in [-0.25, -0.2) is 0 Å². The minimum atomic E-state index is -0.0284. The van der Waals surface area contributed by atoms with Gasteiger partial charge in [-0.3, -0.25) is 14.8 Å². The van der Waals surface area contributed by atoms with Crippen LogP contribution in [0.1, 0.15) is 21.6 Å². The number of carbonyl (C=O) groups is 1.